The van der Waals surface area contributed by atoms with E-state index in [0.29, 0.717) is 36.5 Å². The summed E-state index contributed by atoms with van der Waals surface area (Å²) in [6.07, 6.45) is -0.572. The van der Waals surface area contributed by atoms with Crippen LogP contribution in [0.2, 0.25) is 0 Å². The van der Waals surface area contributed by atoms with Crippen molar-refractivity contribution in [2.24, 2.45) is 11.7 Å². The Morgan fingerprint density at radius 2 is 2.18 bits per heavy atom. The van der Waals surface area contributed by atoms with E-state index < -0.39 is 30.5 Å². The van der Waals surface area contributed by atoms with Crippen LogP contribution in [-0.2, 0) is 4.79 Å². The average molecular weight is 400 g/mol. The number of rotatable bonds is 7. The van der Waals surface area contributed by atoms with E-state index in [2.05, 4.69) is 22.3 Å². The van der Waals surface area contributed by atoms with E-state index >= 15 is 0 Å². The average Bonchev–Trinajstić information content (AvgIpc) is 2.65. The predicted octanol–water partition coefficient (Wildman–Crippen LogP) is 1.58. The molecular formula is C17H23F3N6O2. The van der Waals surface area contributed by atoms with Gasteiger partial charge in [-0.2, -0.15) is 13.2 Å². The minimum atomic E-state index is -4.46. The molecule has 154 valence electrons. The van der Waals surface area contributed by atoms with Gasteiger partial charge in [-0.15, -0.1) is 0 Å². The number of anilines is 2. The Kier molecular flexibility index (Phi) is 6.84. The molecule has 28 heavy (non-hydrogen) atoms. The van der Waals surface area contributed by atoms with Gasteiger partial charge in [0.05, 0.1) is 17.2 Å². The van der Waals surface area contributed by atoms with Crippen LogP contribution < -0.4 is 21.8 Å². The van der Waals surface area contributed by atoms with E-state index in [4.69, 9.17) is 5.73 Å². The molecule has 0 spiro atoms. The number of piperidine rings is 1. The maximum Gasteiger partial charge on any atom is 0.405 e. The molecule has 2 heterocycles. The molecule has 2 amide bonds. The standard InChI is InChI=1S/C17H23F3N6O2/c1-3-11-13(12(14(21)27)7-23-15(11)22-2)25-26-6-4-5-10(8-26)16(28)24-9-17(18,19)20/h3,7,10H,1,4-6,8-9H2,2H3,(H2,21,27)(H,24,28)(H2,22,23,25)/t10-/m1/s1. The molecule has 1 aliphatic heterocycles. The molecule has 1 aromatic heterocycles. The number of pyridine rings is 1. The van der Waals surface area contributed by atoms with Crippen molar-refractivity contribution < 1.29 is 22.8 Å². The topological polar surface area (TPSA) is 112 Å². The third kappa shape index (κ3) is 5.35. The van der Waals surface area contributed by atoms with Crippen molar-refractivity contribution in [3.63, 3.8) is 0 Å². The highest BCUT2D eigenvalue weighted by Gasteiger charge is 2.32. The summed E-state index contributed by atoms with van der Waals surface area (Å²) in [5, 5.41) is 6.48. The number of nitrogens with zero attached hydrogens (tertiary/aromatic N) is 2. The molecule has 0 bridgehead atoms. The van der Waals surface area contributed by atoms with Crippen LogP contribution in [0.4, 0.5) is 24.7 Å². The quantitative estimate of drug-likeness (QED) is 0.553. The summed E-state index contributed by atoms with van der Waals surface area (Å²) in [5.74, 6) is -1.50. The van der Waals surface area contributed by atoms with Crippen molar-refractivity contribution >= 4 is 29.4 Å². The third-order valence-electron chi connectivity index (χ3n) is 4.35. The molecular weight excluding hydrogens is 377 g/mol. The summed E-state index contributed by atoms with van der Waals surface area (Å²) >= 11 is 0. The van der Waals surface area contributed by atoms with Gasteiger partial charge in [0, 0.05) is 31.9 Å². The van der Waals surface area contributed by atoms with Crippen LogP contribution >= 0.6 is 0 Å². The number of halogens is 3. The van der Waals surface area contributed by atoms with E-state index in [-0.39, 0.29) is 12.1 Å². The highest BCUT2D eigenvalue weighted by molar-refractivity contribution is 6.01. The number of hydrogen-bond acceptors (Lipinski definition) is 6. The van der Waals surface area contributed by atoms with Crippen molar-refractivity contribution in [2.45, 2.75) is 19.0 Å². The lowest BCUT2D eigenvalue weighted by molar-refractivity contribution is -0.141. The molecule has 0 radical (unpaired) electrons. The first kappa shape index (κ1) is 21.5. The first-order valence-corrected chi connectivity index (χ1v) is 8.65. The van der Waals surface area contributed by atoms with Gasteiger partial charge >= 0.3 is 6.18 Å². The molecule has 8 nitrogen and oxygen atoms in total. The number of carbonyl (C=O) groups excluding carboxylic acids is 2. The molecule has 0 aromatic carbocycles. The number of nitrogens with one attached hydrogen (secondary N) is 3. The highest BCUT2D eigenvalue weighted by atomic mass is 19.4. The number of hydrogen-bond donors (Lipinski definition) is 4. The highest BCUT2D eigenvalue weighted by Crippen LogP contribution is 2.29. The van der Waals surface area contributed by atoms with Crippen molar-refractivity contribution in [2.75, 3.05) is 37.4 Å². The van der Waals surface area contributed by atoms with Crippen LogP contribution in [0.25, 0.3) is 6.08 Å². The van der Waals surface area contributed by atoms with Gasteiger partial charge in [0.2, 0.25) is 5.91 Å². The van der Waals surface area contributed by atoms with Crippen LogP contribution in [0.1, 0.15) is 28.8 Å². The van der Waals surface area contributed by atoms with E-state index in [9.17, 15) is 22.8 Å². The summed E-state index contributed by atoms with van der Waals surface area (Å²) in [7, 11) is 1.66. The Bertz CT molecular complexity index is 753. The number of primary amides is 1. The second-order valence-electron chi connectivity index (χ2n) is 6.36. The second kappa shape index (κ2) is 8.91. The van der Waals surface area contributed by atoms with Crippen molar-refractivity contribution in [1.29, 1.82) is 0 Å². The van der Waals surface area contributed by atoms with Crippen molar-refractivity contribution in [3.8, 4) is 0 Å². The zero-order valence-corrected chi connectivity index (χ0v) is 15.4. The van der Waals surface area contributed by atoms with Gasteiger partial charge in [-0.1, -0.05) is 12.7 Å². The summed E-state index contributed by atoms with van der Waals surface area (Å²) < 4.78 is 37.0. The number of carbonyl (C=O) groups is 2. The largest absolute Gasteiger partial charge is 0.405 e. The van der Waals surface area contributed by atoms with Crippen LogP contribution in [-0.4, -0.2) is 54.7 Å². The Hall–Kier alpha value is -2.82. The minimum Gasteiger partial charge on any atom is -0.373 e. The molecule has 0 aliphatic carbocycles. The van der Waals surface area contributed by atoms with Gasteiger partial charge in [-0.25, -0.2) is 9.99 Å². The zero-order valence-electron chi connectivity index (χ0n) is 15.4. The lowest BCUT2D eigenvalue weighted by Gasteiger charge is -2.33. The maximum absolute atomic E-state index is 12.3. The normalized spacial score (nSPS) is 17.6. The molecule has 1 fully saturated rings. The van der Waals surface area contributed by atoms with E-state index in [1.807, 2.05) is 5.32 Å². The molecule has 2 rings (SSSR count). The molecule has 0 saturated carbocycles. The lowest BCUT2D eigenvalue weighted by Crippen LogP contribution is -2.47. The first-order valence-electron chi connectivity index (χ1n) is 8.65. The van der Waals surface area contributed by atoms with Crippen LogP contribution in [0.15, 0.2) is 12.8 Å². The van der Waals surface area contributed by atoms with Crippen molar-refractivity contribution in [3.05, 3.63) is 23.9 Å². The summed E-state index contributed by atoms with van der Waals surface area (Å²) in [5.41, 5.74) is 9.52. The number of alkyl halides is 3. The molecule has 1 saturated heterocycles. The summed E-state index contributed by atoms with van der Waals surface area (Å²) in [6, 6.07) is 0. The van der Waals surface area contributed by atoms with Gasteiger partial charge in [0.25, 0.3) is 5.91 Å². The minimum absolute atomic E-state index is 0.137. The lowest BCUT2D eigenvalue weighted by atomic mass is 9.98. The van der Waals surface area contributed by atoms with Gasteiger partial charge in [0.1, 0.15) is 12.4 Å². The van der Waals surface area contributed by atoms with Crippen LogP contribution in [0.3, 0.4) is 0 Å². The fraction of sp³-hybridized carbons (Fsp3) is 0.471. The molecule has 5 N–H and O–H groups in total. The Labute approximate surface area is 160 Å². The number of aromatic nitrogens is 1. The zero-order chi connectivity index (χ0) is 20.9. The van der Waals surface area contributed by atoms with Crippen LogP contribution in [0, 0.1) is 5.92 Å². The van der Waals surface area contributed by atoms with Gasteiger partial charge < -0.3 is 21.8 Å². The molecule has 1 aliphatic rings. The number of amides is 2. The first-order chi connectivity index (χ1) is 13.2. The molecule has 1 aromatic rings. The fourth-order valence-electron chi connectivity index (χ4n) is 3.01. The Morgan fingerprint density at radius 3 is 2.75 bits per heavy atom. The monoisotopic (exact) mass is 400 g/mol. The van der Waals surface area contributed by atoms with Gasteiger partial charge in [-0.05, 0) is 12.8 Å². The van der Waals surface area contributed by atoms with Gasteiger partial charge in [0.15, 0.2) is 0 Å². The molecule has 0 unspecified atom stereocenters. The predicted molar refractivity (Wildman–Crippen MR) is 99.4 cm³/mol. The second-order valence-corrected chi connectivity index (χ2v) is 6.36. The van der Waals surface area contributed by atoms with Gasteiger partial charge in [-0.3, -0.25) is 9.59 Å². The number of nitrogens with two attached hydrogens (primary N) is 1. The summed E-state index contributed by atoms with van der Waals surface area (Å²) in [4.78, 5) is 28.0. The van der Waals surface area contributed by atoms with E-state index in [1.165, 1.54) is 12.3 Å². The van der Waals surface area contributed by atoms with E-state index in [1.54, 1.807) is 12.1 Å². The van der Waals surface area contributed by atoms with Crippen LogP contribution in [0.5, 0.6) is 0 Å². The Balaban J connectivity index is 2.18. The maximum atomic E-state index is 12.3. The SMILES string of the molecule is C=Cc1c(NC)ncc(C(N)=O)c1NN1CCC[C@@H](C(=O)NCC(F)(F)F)C1. The summed E-state index contributed by atoms with van der Waals surface area (Å²) in [6.45, 7) is 3.07. The third-order valence-corrected chi connectivity index (χ3v) is 4.35. The number of hydrazine groups is 1. The fourth-order valence-corrected chi connectivity index (χ4v) is 3.01. The Morgan fingerprint density at radius 1 is 1.46 bits per heavy atom. The van der Waals surface area contributed by atoms with Crippen molar-refractivity contribution in [1.82, 2.24) is 15.3 Å². The molecule has 1 atom stereocenters. The molecule has 11 heteroatoms. The smallest absolute Gasteiger partial charge is 0.373 e. The van der Waals surface area contributed by atoms with E-state index in [0.717, 1.165) is 0 Å².